The fraction of sp³-hybridized carbons (Fsp3) is 0.583. The molecule has 0 aromatic heterocycles. The second-order valence-corrected chi connectivity index (χ2v) is 8.91. The molecule has 4 unspecified atom stereocenters. The van der Waals surface area contributed by atoms with Crippen LogP contribution in [0.4, 0.5) is 0 Å². The Morgan fingerprint density at radius 3 is 2.00 bits per heavy atom. The van der Waals surface area contributed by atoms with Crippen molar-refractivity contribution >= 4 is 23.7 Å². The van der Waals surface area contributed by atoms with E-state index >= 15 is 0 Å². The van der Waals surface area contributed by atoms with Gasteiger partial charge in [-0.3, -0.25) is 14.4 Å². The van der Waals surface area contributed by atoms with Gasteiger partial charge < -0.3 is 37.6 Å². The number of amides is 3. The van der Waals surface area contributed by atoms with E-state index in [0.29, 0.717) is 19.4 Å². The number of carbonyl (C=O) groups is 4. The Balaban J connectivity index is 3.07. The molecule has 4 atom stereocenters. The molecule has 1 rings (SSSR count). The van der Waals surface area contributed by atoms with E-state index < -0.39 is 54.5 Å². The van der Waals surface area contributed by atoms with Crippen LogP contribution < -0.4 is 27.4 Å². The smallest absolute Gasteiger partial charge is 0.326 e. The summed E-state index contributed by atoms with van der Waals surface area (Å²) in [6.07, 6.45) is 1.74. The maximum absolute atomic E-state index is 13.2. The van der Waals surface area contributed by atoms with Gasteiger partial charge in [-0.1, -0.05) is 44.2 Å². The molecule has 0 aliphatic rings. The highest BCUT2D eigenvalue weighted by Crippen LogP contribution is 2.09. The molecule has 3 amide bonds. The maximum atomic E-state index is 13.2. The zero-order valence-electron chi connectivity index (χ0n) is 20.4. The fourth-order valence-electron chi connectivity index (χ4n) is 3.42. The van der Waals surface area contributed by atoms with Crippen molar-refractivity contribution in [3.05, 3.63) is 35.9 Å². The van der Waals surface area contributed by atoms with E-state index in [0.717, 1.165) is 5.56 Å². The van der Waals surface area contributed by atoms with E-state index in [1.54, 1.807) is 24.3 Å². The lowest BCUT2D eigenvalue weighted by atomic mass is 10.0. The number of aliphatic hydroxyl groups excluding tert-OH is 1. The van der Waals surface area contributed by atoms with Crippen molar-refractivity contribution in [3.63, 3.8) is 0 Å². The van der Waals surface area contributed by atoms with E-state index in [9.17, 15) is 29.4 Å². The number of carboxylic acid groups (broad SMARTS) is 1. The lowest BCUT2D eigenvalue weighted by Crippen LogP contribution is -2.58. The van der Waals surface area contributed by atoms with Crippen LogP contribution in [0.5, 0.6) is 0 Å². The molecule has 196 valence electrons. The van der Waals surface area contributed by atoms with Crippen LogP contribution in [0.2, 0.25) is 0 Å². The average molecular weight is 494 g/mol. The van der Waals surface area contributed by atoms with Crippen LogP contribution in [0.15, 0.2) is 30.3 Å². The first kappa shape index (κ1) is 30.0. The van der Waals surface area contributed by atoms with Crippen LogP contribution in [0, 0.1) is 5.92 Å². The molecule has 0 aliphatic carbocycles. The molecule has 0 radical (unpaired) electrons. The van der Waals surface area contributed by atoms with Crippen molar-refractivity contribution in [1.29, 1.82) is 0 Å². The molecule has 9 N–H and O–H groups in total. The van der Waals surface area contributed by atoms with Crippen LogP contribution in [-0.4, -0.2) is 71.2 Å². The van der Waals surface area contributed by atoms with Gasteiger partial charge in [0.2, 0.25) is 17.7 Å². The van der Waals surface area contributed by atoms with Crippen LogP contribution >= 0.6 is 0 Å². The Hall–Kier alpha value is -3.02. The zero-order valence-corrected chi connectivity index (χ0v) is 20.4. The Bertz CT molecular complexity index is 820. The molecule has 1 aromatic rings. The molecule has 35 heavy (non-hydrogen) atoms. The number of unbranched alkanes of at least 4 members (excludes halogenated alkanes) is 1. The van der Waals surface area contributed by atoms with Gasteiger partial charge in [0.05, 0.1) is 6.61 Å². The number of hydrogen-bond donors (Lipinski definition) is 7. The maximum Gasteiger partial charge on any atom is 0.326 e. The lowest BCUT2D eigenvalue weighted by Gasteiger charge is -2.25. The lowest BCUT2D eigenvalue weighted by molar-refractivity contribution is -0.142. The largest absolute Gasteiger partial charge is 0.480 e. The van der Waals surface area contributed by atoms with Crippen molar-refractivity contribution < 1.29 is 29.4 Å². The van der Waals surface area contributed by atoms with Gasteiger partial charge in [0.25, 0.3) is 0 Å². The summed E-state index contributed by atoms with van der Waals surface area (Å²) in [4.78, 5) is 50.1. The number of carboxylic acids is 1. The summed E-state index contributed by atoms with van der Waals surface area (Å²) in [6.45, 7) is 3.49. The van der Waals surface area contributed by atoms with Gasteiger partial charge in [0.15, 0.2) is 0 Å². The van der Waals surface area contributed by atoms with Crippen molar-refractivity contribution in [1.82, 2.24) is 16.0 Å². The number of hydrogen-bond acceptors (Lipinski definition) is 7. The summed E-state index contributed by atoms with van der Waals surface area (Å²) in [5.41, 5.74) is 11.9. The number of aliphatic hydroxyl groups is 1. The Morgan fingerprint density at radius 1 is 0.886 bits per heavy atom. The molecule has 0 heterocycles. The average Bonchev–Trinajstić information content (AvgIpc) is 2.82. The van der Waals surface area contributed by atoms with Crippen molar-refractivity contribution in [2.75, 3.05) is 13.2 Å². The van der Waals surface area contributed by atoms with E-state index in [1.807, 2.05) is 19.9 Å². The van der Waals surface area contributed by atoms with Gasteiger partial charge in [-0.15, -0.1) is 0 Å². The number of nitrogens with two attached hydrogens (primary N) is 2. The molecule has 11 heteroatoms. The zero-order chi connectivity index (χ0) is 26.4. The van der Waals surface area contributed by atoms with Crippen molar-refractivity contribution in [2.24, 2.45) is 17.4 Å². The van der Waals surface area contributed by atoms with Crippen LogP contribution in [-0.2, 0) is 25.6 Å². The minimum absolute atomic E-state index is 0.0304. The minimum atomic E-state index is -1.21. The first-order chi connectivity index (χ1) is 16.6. The number of benzene rings is 1. The van der Waals surface area contributed by atoms with Gasteiger partial charge in [-0.25, -0.2) is 4.79 Å². The Kier molecular flexibility index (Phi) is 13.5. The Morgan fingerprint density at radius 2 is 1.46 bits per heavy atom. The topological polar surface area (TPSA) is 197 Å². The van der Waals surface area contributed by atoms with Gasteiger partial charge in [-0.2, -0.15) is 0 Å². The second-order valence-electron chi connectivity index (χ2n) is 8.91. The predicted octanol–water partition coefficient (Wildman–Crippen LogP) is -0.737. The number of rotatable bonds is 16. The fourth-order valence-corrected chi connectivity index (χ4v) is 3.42. The molecule has 0 fully saturated rings. The summed E-state index contributed by atoms with van der Waals surface area (Å²) >= 11 is 0. The molecule has 0 saturated carbocycles. The molecule has 0 bridgehead atoms. The summed E-state index contributed by atoms with van der Waals surface area (Å²) in [5.74, 6) is -3.10. The quantitative estimate of drug-likeness (QED) is 0.146. The Labute approximate surface area is 206 Å². The van der Waals surface area contributed by atoms with E-state index in [2.05, 4.69) is 16.0 Å². The molecule has 0 saturated heterocycles. The van der Waals surface area contributed by atoms with Gasteiger partial charge in [0.1, 0.15) is 24.2 Å². The van der Waals surface area contributed by atoms with Gasteiger partial charge >= 0.3 is 5.97 Å². The van der Waals surface area contributed by atoms with Crippen LogP contribution in [0.25, 0.3) is 0 Å². The highest BCUT2D eigenvalue weighted by Gasteiger charge is 2.30. The molecular formula is C24H39N5O6. The standard InChI is InChI=1S/C24H39N5O6/c1-15(2)12-20(24(34)35)29-22(32)18(10-6-7-11-25)27-23(33)19(28-21(31)17(26)14-30)13-16-8-4-3-5-9-16/h3-5,8-9,15,17-20,30H,6-7,10-14,25-26H2,1-2H3,(H,27,33)(H,28,31)(H,29,32)(H,34,35). The minimum Gasteiger partial charge on any atom is -0.480 e. The second kappa shape index (κ2) is 15.8. The molecule has 0 aliphatic heterocycles. The van der Waals surface area contributed by atoms with E-state index in [1.165, 1.54) is 0 Å². The van der Waals surface area contributed by atoms with Crippen LogP contribution in [0.3, 0.4) is 0 Å². The van der Waals surface area contributed by atoms with Gasteiger partial charge in [0, 0.05) is 6.42 Å². The van der Waals surface area contributed by atoms with E-state index in [4.69, 9.17) is 11.5 Å². The van der Waals surface area contributed by atoms with Crippen molar-refractivity contribution in [2.45, 2.75) is 70.1 Å². The first-order valence-electron chi connectivity index (χ1n) is 11.8. The number of carbonyl (C=O) groups excluding carboxylic acids is 3. The molecule has 11 nitrogen and oxygen atoms in total. The third kappa shape index (κ3) is 11.3. The third-order valence-corrected chi connectivity index (χ3v) is 5.35. The van der Waals surface area contributed by atoms with E-state index in [-0.39, 0.29) is 25.2 Å². The molecular weight excluding hydrogens is 454 g/mol. The van der Waals surface area contributed by atoms with Crippen LogP contribution in [0.1, 0.15) is 45.1 Å². The SMILES string of the molecule is CC(C)CC(NC(=O)C(CCCCN)NC(=O)C(Cc1ccccc1)NC(=O)C(N)CO)C(=O)O. The number of aliphatic carboxylic acids is 1. The predicted molar refractivity (Wildman–Crippen MR) is 131 cm³/mol. The summed E-state index contributed by atoms with van der Waals surface area (Å²) in [5, 5.41) is 26.4. The monoisotopic (exact) mass is 493 g/mol. The molecule has 1 aromatic carbocycles. The highest BCUT2D eigenvalue weighted by atomic mass is 16.4. The normalized spacial score (nSPS) is 14.5. The highest BCUT2D eigenvalue weighted by molar-refractivity contribution is 5.94. The molecule has 0 spiro atoms. The summed E-state index contributed by atoms with van der Waals surface area (Å²) < 4.78 is 0. The van der Waals surface area contributed by atoms with Crippen molar-refractivity contribution in [3.8, 4) is 0 Å². The third-order valence-electron chi connectivity index (χ3n) is 5.35. The number of nitrogens with one attached hydrogen (secondary N) is 3. The summed E-state index contributed by atoms with van der Waals surface area (Å²) in [6, 6.07) is 4.55. The summed E-state index contributed by atoms with van der Waals surface area (Å²) in [7, 11) is 0. The van der Waals surface area contributed by atoms with Gasteiger partial charge in [-0.05, 0) is 43.7 Å². The first-order valence-corrected chi connectivity index (χ1v) is 11.8.